The molecule has 1 fully saturated rings. The van der Waals surface area contributed by atoms with Crippen LogP contribution in [0.25, 0.3) is 0 Å². The molecule has 112 valence electrons. The highest BCUT2D eigenvalue weighted by atomic mass is 32.2. The number of aryl methyl sites for hydroxylation is 1. The van der Waals surface area contributed by atoms with Gasteiger partial charge in [-0.2, -0.15) is 0 Å². The van der Waals surface area contributed by atoms with Crippen LogP contribution in [0.4, 0.5) is 0 Å². The van der Waals surface area contributed by atoms with E-state index in [9.17, 15) is 4.79 Å². The number of rotatable bonds is 5. The number of likely N-dealkylation sites (N-methyl/N-ethyl adjacent to an activating group) is 1. The van der Waals surface area contributed by atoms with Gasteiger partial charge in [0.15, 0.2) is 0 Å². The molecule has 2 N–H and O–H groups in total. The van der Waals surface area contributed by atoms with E-state index < -0.39 is 5.54 Å². The molecule has 2 rings (SSSR count). The third kappa shape index (κ3) is 3.32. The Morgan fingerprint density at radius 1 is 1.65 bits per heavy atom. The van der Waals surface area contributed by atoms with Gasteiger partial charge >= 0.3 is 5.97 Å². The van der Waals surface area contributed by atoms with Crippen LogP contribution in [0.5, 0.6) is 0 Å². The molecule has 0 radical (unpaired) electrons. The lowest BCUT2D eigenvalue weighted by molar-refractivity contribution is -0.152. The van der Waals surface area contributed by atoms with Crippen molar-refractivity contribution < 1.29 is 9.53 Å². The smallest absolute Gasteiger partial charge is 0.326 e. The lowest BCUT2D eigenvalue weighted by atomic mass is 9.81. The fourth-order valence-electron chi connectivity index (χ4n) is 2.63. The maximum atomic E-state index is 12.2. The fourth-order valence-corrected chi connectivity index (χ4v) is 3.87. The Balaban J connectivity index is 2.04. The van der Waals surface area contributed by atoms with Crippen molar-refractivity contribution in [1.29, 1.82) is 0 Å². The minimum Gasteiger partial charge on any atom is -0.465 e. The SMILES string of the molecule is CCOC(=O)C1(NC)CCCC(Sc2n[nH]c(C)n2)C1. The number of aromatic amines is 1. The lowest BCUT2D eigenvalue weighted by Crippen LogP contribution is -2.54. The molecule has 7 heteroatoms. The highest BCUT2D eigenvalue weighted by Gasteiger charge is 2.43. The summed E-state index contributed by atoms with van der Waals surface area (Å²) in [6, 6.07) is 0. The van der Waals surface area contributed by atoms with E-state index in [1.807, 2.05) is 20.9 Å². The van der Waals surface area contributed by atoms with Gasteiger partial charge in [0.05, 0.1) is 6.61 Å². The number of carbonyl (C=O) groups excluding carboxylic acids is 1. The van der Waals surface area contributed by atoms with Crippen molar-refractivity contribution in [3.05, 3.63) is 5.82 Å². The van der Waals surface area contributed by atoms with Crippen LogP contribution in [-0.2, 0) is 9.53 Å². The summed E-state index contributed by atoms with van der Waals surface area (Å²) in [7, 11) is 1.83. The summed E-state index contributed by atoms with van der Waals surface area (Å²) >= 11 is 1.64. The van der Waals surface area contributed by atoms with Crippen LogP contribution >= 0.6 is 11.8 Å². The summed E-state index contributed by atoms with van der Waals surface area (Å²) in [6.45, 7) is 4.14. The molecule has 0 aromatic carbocycles. The minimum atomic E-state index is -0.558. The second-order valence-corrected chi connectivity index (χ2v) is 6.36. The van der Waals surface area contributed by atoms with Gasteiger partial charge in [0, 0.05) is 5.25 Å². The van der Waals surface area contributed by atoms with Crippen molar-refractivity contribution in [3.8, 4) is 0 Å². The van der Waals surface area contributed by atoms with E-state index in [1.54, 1.807) is 11.8 Å². The highest BCUT2D eigenvalue weighted by Crippen LogP contribution is 2.37. The van der Waals surface area contributed by atoms with Gasteiger partial charge < -0.3 is 10.1 Å². The summed E-state index contributed by atoms with van der Waals surface area (Å²) in [5.74, 6) is 0.674. The Labute approximate surface area is 123 Å². The first-order valence-corrected chi connectivity index (χ1v) is 7.89. The lowest BCUT2D eigenvalue weighted by Gasteiger charge is -2.38. The highest BCUT2D eigenvalue weighted by molar-refractivity contribution is 7.99. The van der Waals surface area contributed by atoms with E-state index in [-0.39, 0.29) is 5.97 Å². The molecular formula is C13H22N4O2S. The molecule has 1 aromatic heterocycles. The Morgan fingerprint density at radius 3 is 3.05 bits per heavy atom. The number of ether oxygens (including phenoxy) is 1. The number of carbonyl (C=O) groups is 1. The molecule has 1 saturated carbocycles. The fraction of sp³-hybridized carbons (Fsp3) is 0.769. The maximum Gasteiger partial charge on any atom is 0.326 e. The van der Waals surface area contributed by atoms with Crippen molar-refractivity contribution in [1.82, 2.24) is 20.5 Å². The van der Waals surface area contributed by atoms with Crippen molar-refractivity contribution in [3.63, 3.8) is 0 Å². The first-order chi connectivity index (χ1) is 9.59. The maximum absolute atomic E-state index is 12.2. The van der Waals surface area contributed by atoms with Crippen molar-refractivity contribution >= 4 is 17.7 Å². The zero-order chi connectivity index (χ0) is 14.6. The molecule has 20 heavy (non-hydrogen) atoms. The summed E-state index contributed by atoms with van der Waals surface area (Å²) < 4.78 is 5.23. The van der Waals surface area contributed by atoms with Crippen LogP contribution in [0.1, 0.15) is 38.4 Å². The molecule has 2 unspecified atom stereocenters. The first kappa shape index (κ1) is 15.3. The van der Waals surface area contributed by atoms with Crippen molar-refractivity contribution in [2.75, 3.05) is 13.7 Å². The number of nitrogens with one attached hydrogen (secondary N) is 2. The number of hydrogen-bond acceptors (Lipinski definition) is 6. The molecule has 1 aliphatic rings. The molecule has 0 saturated heterocycles. The van der Waals surface area contributed by atoms with E-state index in [0.717, 1.165) is 36.7 Å². The second kappa shape index (κ2) is 6.58. The van der Waals surface area contributed by atoms with Gasteiger partial charge in [-0.25, -0.2) is 4.98 Å². The average Bonchev–Trinajstić information content (AvgIpc) is 2.84. The van der Waals surface area contributed by atoms with Crippen LogP contribution in [0, 0.1) is 6.92 Å². The Kier molecular flexibility index (Phi) is 5.04. The van der Waals surface area contributed by atoms with Gasteiger partial charge in [-0.3, -0.25) is 9.89 Å². The van der Waals surface area contributed by atoms with Crippen molar-refractivity contribution in [2.45, 2.75) is 55.5 Å². The Morgan fingerprint density at radius 2 is 2.45 bits per heavy atom. The molecular weight excluding hydrogens is 276 g/mol. The molecule has 6 nitrogen and oxygen atoms in total. The molecule has 2 atom stereocenters. The minimum absolute atomic E-state index is 0.140. The second-order valence-electron chi connectivity index (χ2n) is 5.09. The predicted octanol–water partition coefficient (Wildman–Crippen LogP) is 1.67. The number of H-pyrrole nitrogens is 1. The zero-order valence-electron chi connectivity index (χ0n) is 12.2. The standard InChI is InChI=1S/C13H22N4O2S/c1-4-19-11(18)13(14-3)7-5-6-10(8-13)20-12-15-9(2)16-17-12/h10,14H,4-8H2,1-3H3,(H,15,16,17). The molecule has 0 amide bonds. The third-order valence-corrected chi connectivity index (χ3v) is 4.83. The number of hydrogen-bond donors (Lipinski definition) is 2. The van der Waals surface area contributed by atoms with E-state index in [2.05, 4.69) is 20.5 Å². The Bertz CT molecular complexity index is 465. The van der Waals surface area contributed by atoms with Crippen LogP contribution < -0.4 is 5.32 Å². The first-order valence-electron chi connectivity index (χ1n) is 7.01. The zero-order valence-corrected chi connectivity index (χ0v) is 13.0. The van der Waals surface area contributed by atoms with E-state index in [0.29, 0.717) is 11.9 Å². The number of thioether (sulfide) groups is 1. The Hall–Kier alpha value is -1.08. The van der Waals surface area contributed by atoms with Gasteiger partial charge in [-0.15, -0.1) is 5.10 Å². The van der Waals surface area contributed by atoms with Gasteiger partial charge in [0.1, 0.15) is 11.4 Å². The van der Waals surface area contributed by atoms with E-state index in [1.165, 1.54) is 0 Å². The van der Waals surface area contributed by atoms with Crippen LogP contribution in [0.2, 0.25) is 0 Å². The third-order valence-electron chi connectivity index (χ3n) is 3.70. The van der Waals surface area contributed by atoms with Crippen LogP contribution in [-0.4, -0.2) is 45.6 Å². The molecule has 1 aromatic rings. The number of aromatic nitrogens is 3. The molecule has 1 heterocycles. The normalized spacial score (nSPS) is 26.4. The number of nitrogens with zero attached hydrogens (tertiary/aromatic N) is 2. The van der Waals surface area contributed by atoms with Crippen molar-refractivity contribution in [2.24, 2.45) is 0 Å². The summed E-state index contributed by atoms with van der Waals surface area (Å²) in [6.07, 6.45) is 3.65. The van der Waals surface area contributed by atoms with E-state index >= 15 is 0 Å². The average molecular weight is 298 g/mol. The predicted molar refractivity (Wildman–Crippen MR) is 77.7 cm³/mol. The van der Waals surface area contributed by atoms with Crippen LogP contribution in [0.15, 0.2) is 5.16 Å². The number of esters is 1. The molecule has 0 aliphatic heterocycles. The summed E-state index contributed by atoms with van der Waals surface area (Å²) in [4.78, 5) is 16.5. The topological polar surface area (TPSA) is 79.9 Å². The molecule has 1 aliphatic carbocycles. The monoisotopic (exact) mass is 298 g/mol. The molecule has 0 bridgehead atoms. The summed E-state index contributed by atoms with van der Waals surface area (Å²) in [5, 5.41) is 11.3. The van der Waals surface area contributed by atoms with Gasteiger partial charge in [0.2, 0.25) is 5.16 Å². The van der Waals surface area contributed by atoms with Gasteiger partial charge in [0.25, 0.3) is 0 Å². The van der Waals surface area contributed by atoms with Gasteiger partial charge in [-0.05, 0) is 46.6 Å². The summed E-state index contributed by atoms with van der Waals surface area (Å²) in [5.41, 5.74) is -0.558. The largest absolute Gasteiger partial charge is 0.465 e. The van der Waals surface area contributed by atoms with E-state index in [4.69, 9.17) is 4.74 Å². The van der Waals surface area contributed by atoms with Gasteiger partial charge in [-0.1, -0.05) is 11.8 Å². The quantitative estimate of drug-likeness (QED) is 0.805. The molecule has 0 spiro atoms. The van der Waals surface area contributed by atoms with Crippen LogP contribution in [0.3, 0.4) is 0 Å².